The van der Waals surface area contributed by atoms with Crippen molar-refractivity contribution in [3.05, 3.63) is 41.5 Å². The van der Waals surface area contributed by atoms with E-state index in [9.17, 15) is 12.8 Å². The molecule has 0 fully saturated rings. The standard InChI is InChI=1S/C11H12FN3O2S/c1-7-9(12)4-3-5-10(7)15-18(16,17)11-6-13-14-8(11)2/h3-6,15H,1-2H3,(H,13,14). The van der Waals surface area contributed by atoms with Gasteiger partial charge in [-0.1, -0.05) is 6.07 Å². The average molecular weight is 269 g/mol. The zero-order chi connectivity index (χ0) is 13.3. The first-order chi connectivity index (χ1) is 8.42. The van der Waals surface area contributed by atoms with Gasteiger partial charge in [0.05, 0.1) is 17.6 Å². The van der Waals surface area contributed by atoms with Crippen molar-refractivity contribution in [3.63, 3.8) is 0 Å². The molecule has 0 saturated heterocycles. The molecule has 0 aliphatic heterocycles. The Morgan fingerprint density at radius 2 is 2.06 bits per heavy atom. The van der Waals surface area contributed by atoms with Crippen LogP contribution in [0.4, 0.5) is 10.1 Å². The first-order valence-electron chi connectivity index (χ1n) is 5.20. The lowest BCUT2D eigenvalue weighted by molar-refractivity contribution is 0.600. The Labute approximate surface area is 104 Å². The molecule has 5 nitrogen and oxygen atoms in total. The van der Waals surface area contributed by atoms with Crippen molar-refractivity contribution in [1.29, 1.82) is 0 Å². The van der Waals surface area contributed by atoms with Crippen LogP contribution in [0.5, 0.6) is 0 Å². The van der Waals surface area contributed by atoms with E-state index in [2.05, 4.69) is 14.9 Å². The molecule has 0 spiro atoms. The van der Waals surface area contributed by atoms with Crippen molar-refractivity contribution in [2.45, 2.75) is 18.7 Å². The summed E-state index contributed by atoms with van der Waals surface area (Å²) in [6, 6.07) is 4.23. The highest BCUT2D eigenvalue weighted by Gasteiger charge is 2.19. The van der Waals surface area contributed by atoms with Crippen LogP contribution in [0.2, 0.25) is 0 Å². The second kappa shape index (κ2) is 4.41. The van der Waals surface area contributed by atoms with Gasteiger partial charge in [0.1, 0.15) is 10.7 Å². The van der Waals surface area contributed by atoms with E-state index in [1.807, 2.05) is 0 Å². The summed E-state index contributed by atoms with van der Waals surface area (Å²) in [7, 11) is -3.75. The SMILES string of the molecule is Cc1[nH]ncc1S(=O)(=O)Nc1cccc(F)c1C. The van der Waals surface area contributed by atoms with Crippen molar-refractivity contribution in [3.8, 4) is 0 Å². The second-order valence-corrected chi connectivity index (χ2v) is 5.53. The predicted molar refractivity (Wildman–Crippen MR) is 65.3 cm³/mol. The Hall–Kier alpha value is -1.89. The fourth-order valence-corrected chi connectivity index (χ4v) is 2.79. The van der Waals surface area contributed by atoms with Crippen LogP contribution in [0.1, 0.15) is 11.3 Å². The van der Waals surface area contributed by atoms with Crippen LogP contribution in [-0.4, -0.2) is 18.6 Å². The van der Waals surface area contributed by atoms with E-state index in [1.54, 1.807) is 6.92 Å². The molecular formula is C11H12FN3O2S. The Morgan fingerprint density at radius 3 is 2.67 bits per heavy atom. The number of H-pyrrole nitrogens is 1. The van der Waals surface area contributed by atoms with Crippen LogP contribution in [0.25, 0.3) is 0 Å². The molecule has 2 rings (SSSR count). The summed E-state index contributed by atoms with van der Waals surface area (Å²) in [5, 5.41) is 6.19. The van der Waals surface area contributed by atoms with Gasteiger partial charge in [-0.15, -0.1) is 0 Å². The van der Waals surface area contributed by atoms with Gasteiger partial charge < -0.3 is 0 Å². The van der Waals surface area contributed by atoms with E-state index in [4.69, 9.17) is 0 Å². The number of rotatable bonds is 3. The Kier molecular flexibility index (Phi) is 3.08. The average Bonchev–Trinajstić information content (AvgIpc) is 2.72. The number of aromatic amines is 1. The summed E-state index contributed by atoms with van der Waals surface area (Å²) in [4.78, 5) is 0.0474. The first kappa shape index (κ1) is 12.6. The van der Waals surface area contributed by atoms with Gasteiger partial charge in [-0.05, 0) is 26.0 Å². The molecular weight excluding hydrogens is 257 g/mol. The van der Waals surface area contributed by atoms with Crippen LogP contribution in [0, 0.1) is 19.7 Å². The molecule has 1 aromatic carbocycles. The molecule has 0 atom stereocenters. The maximum Gasteiger partial charge on any atom is 0.265 e. The molecule has 7 heteroatoms. The summed E-state index contributed by atoms with van der Waals surface area (Å²) >= 11 is 0. The van der Waals surface area contributed by atoms with Crippen LogP contribution in [-0.2, 0) is 10.0 Å². The van der Waals surface area contributed by atoms with Gasteiger partial charge in [-0.25, -0.2) is 12.8 Å². The molecule has 1 heterocycles. The number of sulfonamides is 1. The molecule has 0 unspecified atom stereocenters. The van der Waals surface area contributed by atoms with Crippen molar-refractivity contribution >= 4 is 15.7 Å². The van der Waals surface area contributed by atoms with Gasteiger partial charge in [-0.2, -0.15) is 5.10 Å². The lowest BCUT2D eigenvalue weighted by atomic mass is 10.2. The van der Waals surface area contributed by atoms with E-state index >= 15 is 0 Å². The van der Waals surface area contributed by atoms with Gasteiger partial charge >= 0.3 is 0 Å². The molecule has 0 aliphatic rings. The molecule has 0 bridgehead atoms. The number of hydrogen-bond donors (Lipinski definition) is 2. The minimum atomic E-state index is -3.75. The van der Waals surface area contributed by atoms with E-state index in [-0.39, 0.29) is 16.1 Å². The zero-order valence-electron chi connectivity index (χ0n) is 9.86. The van der Waals surface area contributed by atoms with E-state index in [0.29, 0.717) is 5.69 Å². The molecule has 0 radical (unpaired) electrons. The largest absolute Gasteiger partial charge is 0.281 e. The van der Waals surface area contributed by atoms with Crippen molar-refractivity contribution in [2.24, 2.45) is 0 Å². The van der Waals surface area contributed by atoms with Crippen LogP contribution < -0.4 is 4.72 Å². The van der Waals surface area contributed by atoms with Gasteiger partial charge in [0.2, 0.25) is 0 Å². The van der Waals surface area contributed by atoms with Crippen LogP contribution in [0.3, 0.4) is 0 Å². The fraction of sp³-hybridized carbons (Fsp3) is 0.182. The van der Waals surface area contributed by atoms with Crippen LogP contribution in [0.15, 0.2) is 29.3 Å². The van der Waals surface area contributed by atoms with E-state index in [1.165, 1.54) is 31.3 Å². The van der Waals surface area contributed by atoms with Crippen LogP contribution >= 0.6 is 0 Å². The molecule has 0 saturated carbocycles. The lowest BCUT2D eigenvalue weighted by Crippen LogP contribution is -2.14. The third-order valence-electron chi connectivity index (χ3n) is 2.59. The summed E-state index contributed by atoms with van der Waals surface area (Å²) in [6.45, 7) is 3.11. The molecule has 1 aromatic heterocycles. The maximum atomic E-state index is 13.3. The summed E-state index contributed by atoms with van der Waals surface area (Å²) in [6.07, 6.45) is 1.21. The number of nitrogens with one attached hydrogen (secondary N) is 2. The minimum Gasteiger partial charge on any atom is -0.281 e. The third kappa shape index (κ3) is 2.21. The smallest absolute Gasteiger partial charge is 0.265 e. The number of benzene rings is 1. The minimum absolute atomic E-state index is 0.0474. The quantitative estimate of drug-likeness (QED) is 0.894. The normalized spacial score (nSPS) is 11.5. The van der Waals surface area contributed by atoms with Crippen molar-refractivity contribution < 1.29 is 12.8 Å². The Morgan fingerprint density at radius 1 is 1.33 bits per heavy atom. The second-order valence-electron chi connectivity index (χ2n) is 3.88. The Bertz CT molecular complexity index is 679. The molecule has 96 valence electrons. The highest BCUT2D eigenvalue weighted by Crippen LogP contribution is 2.22. The van der Waals surface area contributed by atoms with E-state index < -0.39 is 15.8 Å². The third-order valence-corrected chi connectivity index (χ3v) is 4.06. The monoisotopic (exact) mass is 269 g/mol. The topological polar surface area (TPSA) is 74.8 Å². The molecule has 2 N–H and O–H groups in total. The van der Waals surface area contributed by atoms with Gasteiger partial charge in [-0.3, -0.25) is 9.82 Å². The lowest BCUT2D eigenvalue weighted by Gasteiger charge is -2.10. The predicted octanol–water partition coefficient (Wildman–Crippen LogP) is 1.97. The summed E-state index contributed by atoms with van der Waals surface area (Å²) < 4.78 is 39.8. The highest BCUT2D eigenvalue weighted by molar-refractivity contribution is 7.92. The van der Waals surface area contributed by atoms with Gasteiger partial charge in [0.15, 0.2) is 0 Å². The van der Waals surface area contributed by atoms with Gasteiger partial charge in [0, 0.05) is 5.56 Å². The number of nitrogens with zero attached hydrogens (tertiary/aromatic N) is 1. The van der Waals surface area contributed by atoms with Crippen molar-refractivity contribution in [2.75, 3.05) is 4.72 Å². The van der Waals surface area contributed by atoms with Gasteiger partial charge in [0.25, 0.3) is 10.0 Å². The first-order valence-corrected chi connectivity index (χ1v) is 6.68. The number of halogens is 1. The number of aromatic nitrogens is 2. The zero-order valence-corrected chi connectivity index (χ0v) is 10.7. The highest BCUT2D eigenvalue weighted by atomic mass is 32.2. The Balaban J connectivity index is 2.40. The number of hydrogen-bond acceptors (Lipinski definition) is 3. The molecule has 2 aromatic rings. The molecule has 18 heavy (non-hydrogen) atoms. The summed E-state index contributed by atoms with van der Waals surface area (Å²) in [5.41, 5.74) is 0.898. The molecule has 0 aliphatic carbocycles. The van der Waals surface area contributed by atoms with E-state index in [0.717, 1.165) is 0 Å². The van der Waals surface area contributed by atoms with Crippen molar-refractivity contribution in [1.82, 2.24) is 10.2 Å². The molecule has 0 amide bonds. The fourth-order valence-electron chi connectivity index (χ4n) is 1.53. The summed E-state index contributed by atoms with van der Waals surface area (Å²) in [5.74, 6) is -0.459. The number of aryl methyl sites for hydroxylation is 1. The number of anilines is 1. The maximum absolute atomic E-state index is 13.3.